The first-order valence-electron chi connectivity index (χ1n) is 7.76. The monoisotopic (exact) mass is 338 g/mol. The van der Waals surface area contributed by atoms with Crippen LogP contribution in [0.25, 0.3) is 0 Å². The SMILES string of the molecule is COC(=O)CCCNC(=O)C(NC(=O)c1ccc(F)cc1)C(C)C. The van der Waals surface area contributed by atoms with E-state index in [-0.39, 0.29) is 29.8 Å². The van der Waals surface area contributed by atoms with Gasteiger partial charge in [-0.2, -0.15) is 0 Å². The smallest absolute Gasteiger partial charge is 0.305 e. The summed E-state index contributed by atoms with van der Waals surface area (Å²) in [5, 5.41) is 5.34. The molecule has 1 aromatic carbocycles. The van der Waals surface area contributed by atoms with E-state index in [0.29, 0.717) is 13.0 Å². The maximum Gasteiger partial charge on any atom is 0.305 e. The van der Waals surface area contributed by atoms with Gasteiger partial charge in [0.05, 0.1) is 7.11 Å². The van der Waals surface area contributed by atoms with Crippen molar-refractivity contribution in [3.8, 4) is 0 Å². The van der Waals surface area contributed by atoms with Crippen LogP contribution in [-0.2, 0) is 14.3 Å². The van der Waals surface area contributed by atoms with Crippen molar-refractivity contribution in [3.05, 3.63) is 35.6 Å². The van der Waals surface area contributed by atoms with E-state index >= 15 is 0 Å². The zero-order valence-corrected chi connectivity index (χ0v) is 14.1. The molecule has 0 bridgehead atoms. The highest BCUT2D eigenvalue weighted by atomic mass is 19.1. The summed E-state index contributed by atoms with van der Waals surface area (Å²) in [5.41, 5.74) is 0.278. The lowest BCUT2D eigenvalue weighted by molar-refractivity contribution is -0.140. The average molecular weight is 338 g/mol. The van der Waals surface area contributed by atoms with Crippen molar-refractivity contribution >= 4 is 17.8 Å². The third-order valence-corrected chi connectivity index (χ3v) is 3.43. The molecule has 1 aromatic rings. The van der Waals surface area contributed by atoms with E-state index in [9.17, 15) is 18.8 Å². The van der Waals surface area contributed by atoms with Crippen molar-refractivity contribution in [2.75, 3.05) is 13.7 Å². The lowest BCUT2D eigenvalue weighted by atomic mass is 10.0. The third kappa shape index (κ3) is 6.36. The largest absolute Gasteiger partial charge is 0.469 e. The molecule has 0 aliphatic rings. The van der Waals surface area contributed by atoms with E-state index < -0.39 is 17.8 Å². The van der Waals surface area contributed by atoms with E-state index in [2.05, 4.69) is 15.4 Å². The highest BCUT2D eigenvalue weighted by molar-refractivity contribution is 5.97. The molecule has 0 aliphatic carbocycles. The summed E-state index contributed by atoms with van der Waals surface area (Å²) < 4.78 is 17.4. The zero-order valence-electron chi connectivity index (χ0n) is 14.1. The molecule has 1 rings (SSSR count). The molecule has 6 nitrogen and oxygen atoms in total. The molecule has 0 radical (unpaired) electrons. The van der Waals surface area contributed by atoms with Gasteiger partial charge in [0.25, 0.3) is 5.91 Å². The fraction of sp³-hybridized carbons (Fsp3) is 0.471. The van der Waals surface area contributed by atoms with Gasteiger partial charge < -0.3 is 15.4 Å². The Morgan fingerprint density at radius 1 is 1.17 bits per heavy atom. The first-order chi connectivity index (χ1) is 11.3. The normalized spacial score (nSPS) is 11.7. The molecule has 0 spiro atoms. The fourth-order valence-electron chi connectivity index (χ4n) is 2.02. The summed E-state index contributed by atoms with van der Waals surface area (Å²) in [6.07, 6.45) is 0.667. The van der Waals surface area contributed by atoms with Crippen LogP contribution in [0.5, 0.6) is 0 Å². The third-order valence-electron chi connectivity index (χ3n) is 3.43. The topological polar surface area (TPSA) is 84.5 Å². The minimum absolute atomic E-state index is 0.130. The molecule has 132 valence electrons. The van der Waals surface area contributed by atoms with Gasteiger partial charge in [0.15, 0.2) is 0 Å². The molecule has 0 saturated carbocycles. The highest BCUT2D eigenvalue weighted by Gasteiger charge is 2.24. The summed E-state index contributed by atoms with van der Waals surface area (Å²) in [4.78, 5) is 35.4. The van der Waals surface area contributed by atoms with Gasteiger partial charge in [0.2, 0.25) is 5.91 Å². The quantitative estimate of drug-likeness (QED) is 0.558. The second kappa shape index (κ2) is 9.64. The Morgan fingerprint density at radius 2 is 1.79 bits per heavy atom. The second-order valence-electron chi connectivity index (χ2n) is 5.67. The second-order valence-corrected chi connectivity index (χ2v) is 5.67. The lowest BCUT2D eigenvalue weighted by Crippen LogP contribution is -2.49. The molecule has 0 aliphatic heterocycles. The van der Waals surface area contributed by atoms with Gasteiger partial charge in [-0.1, -0.05) is 13.8 Å². The van der Waals surface area contributed by atoms with Gasteiger partial charge in [-0.3, -0.25) is 14.4 Å². The minimum Gasteiger partial charge on any atom is -0.469 e. The number of esters is 1. The van der Waals surface area contributed by atoms with Crippen LogP contribution in [0.3, 0.4) is 0 Å². The Hall–Kier alpha value is -2.44. The van der Waals surface area contributed by atoms with Gasteiger partial charge in [-0.25, -0.2) is 4.39 Å². The van der Waals surface area contributed by atoms with Gasteiger partial charge in [0, 0.05) is 18.5 Å². The van der Waals surface area contributed by atoms with Gasteiger partial charge >= 0.3 is 5.97 Å². The van der Waals surface area contributed by atoms with E-state index in [1.807, 2.05) is 13.8 Å². The van der Waals surface area contributed by atoms with Gasteiger partial charge in [0.1, 0.15) is 11.9 Å². The number of hydrogen-bond donors (Lipinski definition) is 2. The number of amides is 2. The first kappa shape index (κ1) is 19.6. The molecule has 2 amide bonds. The van der Waals surface area contributed by atoms with Gasteiger partial charge in [-0.15, -0.1) is 0 Å². The number of hydrogen-bond acceptors (Lipinski definition) is 4. The van der Waals surface area contributed by atoms with Crippen LogP contribution in [0.1, 0.15) is 37.0 Å². The summed E-state index contributed by atoms with van der Waals surface area (Å²) >= 11 is 0. The Bertz CT molecular complexity index is 572. The van der Waals surface area contributed by atoms with Crippen molar-refractivity contribution in [1.29, 1.82) is 0 Å². The number of rotatable bonds is 8. The lowest BCUT2D eigenvalue weighted by Gasteiger charge is -2.21. The number of benzene rings is 1. The highest BCUT2D eigenvalue weighted by Crippen LogP contribution is 2.07. The van der Waals surface area contributed by atoms with Crippen molar-refractivity contribution in [1.82, 2.24) is 10.6 Å². The molecule has 0 saturated heterocycles. The molecule has 2 N–H and O–H groups in total. The minimum atomic E-state index is -0.722. The molecular weight excluding hydrogens is 315 g/mol. The van der Waals surface area contributed by atoms with Crippen LogP contribution in [0.2, 0.25) is 0 Å². The van der Waals surface area contributed by atoms with E-state index in [4.69, 9.17) is 0 Å². The van der Waals surface area contributed by atoms with Crippen LogP contribution in [-0.4, -0.2) is 37.5 Å². The Balaban J connectivity index is 2.56. The summed E-state index contributed by atoms with van der Waals surface area (Å²) in [5.74, 6) is -1.68. The number of methoxy groups -OCH3 is 1. The van der Waals surface area contributed by atoms with Crippen LogP contribution in [0, 0.1) is 11.7 Å². The number of carbonyl (C=O) groups excluding carboxylic acids is 3. The van der Waals surface area contributed by atoms with Crippen LogP contribution < -0.4 is 10.6 Å². The number of ether oxygens (including phenoxy) is 1. The molecule has 0 fully saturated rings. The zero-order chi connectivity index (χ0) is 18.1. The maximum absolute atomic E-state index is 12.9. The number of halogens is 1. The molecule has 1 atom stereocenters. The predicted molar refractivity (Wildman–Crippen MR) is 86.8 cm³/mol. The summed E-state index contributed by atoms with van der Waals surface area (Å²) in [7, 11) is 1.31. The molecular formula is C17H23FN2O4. The molecule has 1 unspecified atom stereocenters. The average Bonchev–Trinajstić information content (AvgIpc) is 2.56. The maximum atomic E-state index is 12.9. The fourth-order valence-corrected chi connectivity index (χ4v) is 2.02. The summed E-state index contributed by atoms with van der Waals surface area (Å²) in [6, 6.07) is 4.37. The Kier molecular flexibility index (Phi) is 7.88. The van der Waals surface area contributed by atoms with E-state index in [1.165, 1.54) is 31.4 Å². The number of nitrogens with one attached hydrogen (secondary N) is 2. The Labute approximate surface area is 140 Å². The van der Waals surface area contributed by atoms with Crippen LogP contribution in [0.4, 0.5) is 4.39 Å². The first-order valence-corrected chi connectivity index (χ1v) is 7.76. The van der Waals surface area contributed by atoms with E-state index in [1.54, 1.807) is 0 Å². The van der Waals surface area contributed by atoms with Crippen LogP contribution >= 0.6 is 0 Å². The standard InChI is InChI=1S/C17H23FN2O4/c1-11(2)15(17(23)19-10-4-5-14(21)24-3)20-16(22)12-6-8-13(18)9-7-12/h6-9,11,15H,4-5,10H2,1-3H3,(H,19,23)(H,20,22). The van der Waals surface area contributed by atoms with Crippen LogP contribution in [0.15, 0.2) is 24.3 Å². The van der Waals surface area contributed by atoms with Gasteiger partial charge in [-0.05, 0) is 36.6 Å². The summed E-state index contributed by atoms with van der Waals surface area (Å²) in [6.45, 7) is 3.93. The van der Waals surface area contributed by atoms with Crippen molar-refractivity contribution in [3.63, 3.8) is 0 Å². The van der Waals surface area contributed by atoms with Crippen molar-refractivity contribution < 1.29 is 23.5 Å². The van der Waals surface area contributed by atoms with Crippen molar-refractivity contribution in [2.45, 2.75) is 32.7 Å². The molecule has 0 heterocycles. The number of carbonyl (C=O) groups is 3. The van der Waals surface area contributed by atoms with Crippen molar-refractivity contribution in [2.24, 2.45) is 5.92 Å². The predicted octanol–water partition coefficient (Wildman–Crippen LogP) is 1.65. The molecule has 24 heavy (non-hydrogen) atoms. The molecule has 0 aromatic heterocycles. The van der Waals surface area contributed by atoms with E-state index in [0.717, 1.165) is 0 Å². The molecule has 7 heteroatoms. The Morgan fingerprint density at radius 3 is 2.33 bits per heavy atom.